The van der Waals surface area contributed by atoms with Crippen LogP contribution in [0.15, 0.2) is 53.0 Å². The number of nitrogens with zero attached hydrogens (tertiary/aromatic N) is 6. The van der Waals surface area contributed by atoms with E-state index in [4.69, 9.17) is 9.97 Å². The van der Waals surface area contributed by atoms with Gasteiger partial charge in [-0.15, -0.1) is 10.2 Å². The highest BCUT2D eigenvalue weighted by Gasteiger charge is 2.31. The van der Waals surface area contributed by atoms with Gasteiger partial charge < -0.3 is 4.90 Å². The average molecular weight is 547 g/mol. The van der Waals surface area contributed by atoms with Crippen molar-refractivity contribution in [2.45, 2.75) is 51.4 Å². The van der Waals surface area contributed by atoms with E-state index in [-0.39, 0.29) is 0 Å². The maximum atomic E-state index is 5.17. The fourth-order valence-electron chi connectivity index (χ4n) is 6.22. The van der Waals surface area contributed by atoms with Gasteiger partial charge in [-0.2, -0.15) is 5.21 Å². The summed E-state index contributed by atoms with van der Waals surface area (Å²) in [7, 11) is 0. The number of H-pyrrole nitrogens is 1. The van der Waals surface area contributed by atoms with Gasteiger partial charge in [0.05, 0.1) is 5.52 Å². The Hall–Kier alpha value is -2.87. The molecule has 2 heterocycles. The quantitative estimate of drug-likeness (QED) is 0.282. The summed E-state index contributed by atoms with van der Waals surface area (Å²) in [5, 5.41) is 15.8. The first kappa shape index (κ1) is 23.5. The molecule has 3 aliphatic carbocycles. The molecule has 2 bridgehead atoms. The molecular formula is C28H32BrN7. The van der Waals surface area contributed by atoms with Crippen molar-refractivity contribution in [1.29, 1.82) is 0 Å². The van der Waals surface area contributed by atoms with Crippen molar-refractivity contribution in [2.24, 2.45) is 17.8 Å². The van der Waals surface area contributed by atoms with E-state index < -0.39 is 0 Å². The molecule has 7 rings (SSSR count). The zero-order chi connectivity index (χ0) is 24.3. The average Bonchev–Trinajstić information content (AvgIpc) is 3.26. The van der Waals surface area contributed by atoms with Crippen molar-refractivity contribution >= 4 is 32.7 Å². The molecule has 0 unspecified atom stereocenters. The number of hydrogen-bond acceptors (Lipinski definition) is 6. The van der Waals surface area contributed by atoms with Crippen LogP contribution in [0.3, 0.4) is 0 Å². The lowest BCUT2D eigenvalue weighted by atomic mass is 9.84. The Morgan fingerprint density at radius 3 is 2.47 bits per heavy atom. The molecule has 36 heavy (non-hydrogen) atoms. The molecule has 0 atom stereocenters. The Bertz CT molecular complexity index is 1290. The smallest absolute Gasteiger partial charge is 0.176 e. The maximum absolute atomic E-state index is 5.17. The third-order valence-corrected chi connectivity index (χ3v) is 8.56. The second-order valence-corrected chi connectivity index (χ2v) is 11.4. The highest BCUT2D eigenvalue weighted by molar-refractivity contribution is 9.10. The number of aromatic amines is 1. The van der Waals surface area contributed by atoms with Gasteiger partial charge in [-0.25, -0.2) is 9.97 Å². The number of fused-ring (bicyclic) bond motifs is 5. The minimum Gasteiger partial charge on any atom is -0.356 e. The van der Waals surface area contributed by atoms with E-state index in [1.807, 2.05) is 12.1 Å². The van der Waals surface area contributed by atoms with E-state index in [9.17, 15) is 0 Å². The minimum atomic E-state index is 0.719. The van der Waals surface area contributed by atoms with Crippen molar-refractivity contribution in [1.82, 2.24) is 30.6 Å². The zero-order valence-corrected chi connectivity index (χ0v) is 22.1. The molecule has 0 aliphatic heterocycles. The predicted octanol–water partition coefficient (Wildman–Crippen LogP) is 6.23. The normalized spacial score (nSPS) is 21.5. The molecule has 7 nitrogen and oxygen atoms in total. The van der Waals surface area contributed by atoms with Crippen LogP contribution in [0, 0.1) is 17.8 Å². The Morgan fingerprint density at radius 1 is 0.917 bits per heavy atom. The van der Waals surface area contributed by atoms with E-state index in [2.05, 4.69) is 77.9 Å². The summed E-state index contributed by atoms with van der Waals surface area (Å²) in [5.41, 5.74) is 1.98. The number of rotatable bonds is 8. The van der Waals surface area contributed by atoms with Crippen molar-refractivity contribution in [3.8, 4) is 11.4 Å². The fourth-order valence-corrected chi connectivity index (χ4v) is 6.62. The van der Waals surface area contributed by atoms with Gasteiger partial charge in [0.2, 0.25) is 0 Å². The van der Waals surface area contributed by atoms with Crippen LogP contribution in [-0.2, 0) is 6.42 Å². The van der Waals surface area contributed by atoms with E-state index in [0.717, 1.165) is 75.7 Å². The molecule has 2 aromatic heterocycles. The summed E-state index contributed by atoms with van der Waals surface area (Å²) in [4.78, 5) is 12.5. The molecule has 0 radical (unpaired) electrons. The van der Waals surface area contributed by atoms with Crippen LogP contribution in [0.5, 0.6) is 0 Å². The standard InChI is InChI=1S/C28H32BrN7/c29-23-5-3-4-22(18-23)27-30-25-7-2-1-6-24(25)28(31-27)36(15-13-26-32-34-35-33-26)14-12-21-16-19-8-9-20(17-21)11-10-19/h1-7,18-21H,8-17H2,(H,32,33,34,35). The Balaban J connectivity index is 1.33. The molecule has 2 aromatic carbocycles. The number of tetrazole rings is 1. The van der Waals surface area contributed by atoms with Crippen molar-refractivity contribution in [3.05, 3.63) is 58.8 Å². The fraction of sp³-hybridized carbons (Fsp3) is 0.464. The molecular weight excluding hydrogens is 514 g/mol. The molecule has 1 N–H and O–H groups in total. The number of hydrogen-bond donors (Lipinski definition) is 1. The van der Waals surface area contributed by atoms with Crippen LogP contribution < -0.4 is 4.90 Å². The van der Waals surface area contributed by atoms with Crippen molar-refractivity contribution < 1.29 is 0 Å². The van der Waals surface area contributed by atoms with Crippen LogP contribution in [-0.4, -0.2) is 43.7 Å². The summed E-state index contributed by atoms with van der Waals surface area (Å²) >= 11 is 3.60. The van der Waals surface area contributed by atoms with Crippen LogP contribution >= 0.6 is 15.9 Å². The molecule has 186 valence electrons. The van der Waals surface area contributed by atoms with Gasteiger partial charge in [-0.3, -0.25) is 0 Å². The highest BCUT2D eigenvalue weighted by atomic mass is 79.9. The summed E-state index contributed by atoms with van der Waals surface area (Å²) in [6.07, 6.45) is 10.5. The molecule has 8 heteroatoms. The van der Waals surface area contributed by atoms with E-state index >= 15 is 0 Å². The predicted molar refractivity (Wildman–Crippen MR) is 146 cm³/mol. The van der Waals surface area contributed by atoms with Crippen LogP contribution in [0.25, 0.3) is 22.3 Å². The number of nitrogens with one attached hydrogen (secondary N) is 1. The van der Waals surface area contributed by atoms with Crippen molar-refractivity contribution in [2.75, 3.05) is 18.0 Å². The van der Waals surface area contributed by atoms with Gasteiger partial charge in [-0.05, 0) is 61.3 Å². The SMILES string of the molecule is Brc1cccc(-c2nc(N(CCc3nn[nH]n3)CCC3CC4CCC(CC4)C3)c3ccccc3n2)c1. The monoisotopic (exact) mass is 545 g/mol. The number of anilines is 1. The minimum absolute atomic E-state index is 0.719. The molecule has 0 spiro atoms. The van der Waals surface area contributed by atoms with Gasteiger partial charge in [0.25, 0.3) is 0 Å². The number of aromatic nitrogens is 6. The zero-order valence-electron chi connectivity index (χ0n) is 20.5. The molecule has 4 aromatic rings. The van der Waals surface area contributed by atoms with Gasteiger partial charge in [-0.1, -0.05) is 71.1 Å². The summed E-state index contributed by atoms with van der Waals surface area (Å²) in [6, 6.07) is 16.6. The molecule has 0 saturated heterocycles. The van der Waals surface area contributed by atoms with Gasteiger partial charge >= 0.3 is 0 Å². The summed E-state index contributed by atoms with van der Waals surface area (Å²) < 4.78 is 1.02. The first-order valence-corrected chi connectivity index (χ1v) is 14.0. The number of para-hydroxylation sites is 1. The summed E-state index contributed by atoms with van der Waals surface area (Å²) in [5.74, 6) is 5.15. The lowest BCUT2D eigenvalue weighted by Gasteiger charge is -2.27. The number of benzene rings is 2. The maximum Gasteiger partial charge on any atom is 0.176 e. The van der Waals surface area contributed by atoms with Gasteiger partial charge in [0.15, 0.2) is 11.6 Å². The largest absolute Gasteiger partial charge is 0.356 e. The molecule has 3 aliphatic rings. The van der Waals surface area contributed by atoms with Gasteiger partial charge in [0, 0.05) is 34.9 Å². The molecule has 3 saturated carbocycles. The van der Waals surface area contributed by atoms with E-state index in [1.54, 1.807) is 0 Å². The van der Waals surface area contributed by atoms with Crippen LogP contribution in [0.1, 0.15) is 50.8 Å². The van der Waals surface area contributed by atoms with E-state index in [1.165, 1.54) is 44.9 Å². The topological polar surface area (TPSA) is 83.5 Å². The van der Waals surface area contributed by atoms with Gasteiger partial charge in [0.1, 0.15) is 5.82 Å². The van der Waals surface area contributed by atoms with Crippen LogP contribution in [0.2, 0.25) is 0 Å². The first-order chi connectivity index (χ1) is 17.7. The van der Waals surface area contributed by atoms with Crippen molar-refractivity contribution in [3.63, 3.8) is 0 Å². The molecule has 0 amide bonds. The third-order valence-electron chi connectivity index (χ3n) is 8.07. The second-order valence-electron chi connectivity index (χ2n) is 10.5. The lowest BCUT2D eigenvalue weighted by Crippen LogP contribution is -2.30. The first-order valence-electron chi connectivity index (χ1n) is 13.2. The summed E-state index contributed by atoms with van der Waals surface area (Å²) in [6.45, 7) is 1.76. The Labute approximate surface area is 220 Å². The third kappa shape index (κ3) is 5.28. The lowest BCUT2D eigenvalue weighted by molar-refractivity contribution is 0.308. The second kappa shape index (κ2) is 10.6. The van der Waals surface area contributed by atoms with Crippen LogP contribution in [0.4, 0.5) is 5.82 Å². The number of halogens is 1. The molecule has 3 fully saturated rings. The highest BCUT2D eigenvalue weighted by Crippen LogP contribution is 2.43. The Morgan fingerprint density at radius 2 is 1.72 bits per heavy atom. The Kier molecular flexibility index (Phi) is 6.94. The van der Waals surface area contributed by atoms with E-state index in [0.29, 0.717) is 0 Å².